The number of nitrogens with one attached hydrogen (secondary N) is 1. The van der Waals surface area contributed by atoms with Gasteiger partial charge in [0.2, 0.25) is 0 Å². The maximum absolute atomic E-state index is 3.60. The van der Waals surface area contributed by atoms with Crippen LogP contribution in [0.4, 0.5) is 5.69 Å². The lowest BCUT2D eigenvalue weighted by Crippen LogP contribution is -2.22. The van der Waals surface area contributed by atoms with E-state index in [4.69, 9.17) is 0 Å². The fourth-order valence-corrected chi connectivity index (χ4v) is 3.54. The van der Waals surface area contributed by atoms with Gasteiger partial charge in [0, 0.05) is 11.7 Å². The zero-order valence-corrected chi connectivity index (χ0v) is 11.5. The number of rotatable bonds is 1. The third-order valence-electron chi connectivity index (χ3n) is 4.70. The van der Waals surface area contributed by atoms with E-state index in [1.165, 1.54) is 57.1 Å². The molecule has 1 heterocycles. The molecule has 1 aliphatic heterocycles. The maximum Gasteiger partial charge on any atom is 0.0374 e. The molecule has 98 valence electrons. The first-order chi connectivity index (χ1) is 8.83. The van der Waals surface area contributed by atoms with Crippen LogP contribution in [0.5, 0.6) is 0 Å². The van der Waals surface area contributed by atoms with E-state index < -0.39 is 0 Å². The van der Waals surface area contributed by atoms with Crippen molar-refractivity contribution in [3.8, 4) is 0 Å². The van der Waals surface area contributed by atoms with E-state index in [9.17, 15) is 0 Å². The highest BCUT2D eigenvalue weighted by Crippen LogP contribution is 2.34. The maximum atomic E-state index is 3.60. The molecule has 2 aliphatic rings. The molecule has 0 saturated heterocycles. The highest BCUT2D eigenvalue weighted by Gasteiger charge is 2.18. The van der Waals surface area contributed by atoms with Gasteiger partial charge in [0.15, 0.2) is 0 Å². The Kier molecular flexibility index (Phi) is 3.58. The van der Waals surface area contributed by atoms with Crippen molar-refractivity contribution >= 4 is 5.69 Å². The van der Waals surface area contributed by atoms with Gasteiger partial charge in [-0.25, -0.2) is 0 Å². The summed E-state index contributed by atoms with van der Waals surface area (Å²) in [7, 11) is 0. The molecule has 1 aromatic rings. The lowest BCUT2D eigenvalue weighted by atomic mass is 9.88. The minimum atomic E-state index is 0.640. The molecular formula is C17H25N. The summed E-state index contributed by atoms with van der Waals surface area (Å²) in [6, 6.07) is 7.83. The molecular weight excluding hydrogens is 218 g/mol. The molecule has 1 aromatic carbocycles. The van der Waals surface area contributed by atoms with Gasteiger partial charge in [0.25, 0.3) is 0 Å². The Morgan fingerprint density at radius 3 is 2.56 bits per heavy atom. The lowest BCUT2D eigenvalue weighted by Gasteiger charge is -2.26. The van der Waals surface area contributed by atoms with E-state index in [2.05, 4.69) is 30.4 Å². The summed E-state index contributed by atoms with van der Waals surface area (Å²) in [6.07, 6.45) is 11.1. The van der Waals surface area contributed by atoms with Gasteiger partial charge in [-0.2, -0.15) is 0 Å². The highest BCUT2D eigenvalue weighted by molar-refractivity contribution is 5.55. The molecule has 1 atom stereocenters. The first-order valence-corrected chi connectivity index (χ1v) is 7.72. The van der Waals surface area contributed by atoms with Crippen LogP contribution in [-0.4, -0.2) is 6.04 Å². The Bertz CT molecular complexity index is 402. The predicted molar refractivity (Wildman–Crippen MR) is 78.3 cm³/mol. The van der Waals surface area contributed by atoms with Crippen LogP contribution in [0.3, 0.4) is 0 Å². The first kappa shape index (κ1) is 12.1. The Morgan fingerprint density at radius 1 is 1.00 bits per heavy atom. The van der Waals surface area contributed by atoms with Crippen LogP contribution in [-0.2, 0) is 6.42 Å². The summed E-state index contributed by atoms with van der Waals surface area (Å²) in [5.41, 5.74) is 4.54. The predicted octanol–water partition coefficient (Wildman–Crippen LogP) is 4.87. The van der Waals surface area contributed by atoms with Crippen molar-refractivity contribution < 1.29 is 0 Å². The molecule has 0 spiro atoms. The van der Waals surface area contributed by atoms with Crippen LogP contribution in [0.15, 0.2) is 18.2 Å². The van der Waals surface area contributed by atoms with Gasteiger partial charge in [-0.15, -0.1) is 0 Å². The van der Waals surface area contributed by atoms with Crippen LogP contribution in [0.1, 0.15) is 68.9 Å². The smallest absolute Gasteiger partial charge is 0.0374 e. The summed E-state index contributed by atoms with van der Waals surface area (Å²) in [5.74, 6) is 0.831. The van der Waals surface area contributed by atoms with Crippen molar-refractivity contribution in [3.63, 3.8) is 0 Å². The fourth-order valence-electron chi connectivity index (χ4n) is 3.54. The highest BCUT2D eigenvalue weighted by atomic mass is 14.9. The monoisotopic (exact) mass is 243 g/mol. The minimum absolute atomic E-state index is 0.640. The Morgan fingerprint density at radius 2 is 1.78 bits per heavy atom. The average molecular weight is 243 g/mol. The number of fused-ring (bicyclic) bond motifs is 1. The van der Waals surface area contributed by atoms with Gasteiger partial charge >= 0.3 is 0 Å². The van der Waals surface area contributed by atoms with Crippen molar-refractivity contribution in [2.24, 2.45) is 0 Å². The summed E-state index contributed by atoms with van der Waals surface area (Å²) < 4.78 is 0. The molecule has 1 N–H and O–H groups in total. The van der Waals surface area contributed by atoms with Crippen molar-refractivity contribution in [1.82, 2.24) is 0 Å². The Labute approximate surface area is 111 Å². The third kappa shape index (κ3) is 2.55. The number of hydrogen-bond acceptors (Lipinski definition) is 1. The van der Waals surface area contributed by atoms with E-state index >= 15 is 0 Å². The summed E-state index contributed by atoms with van der Waals surface area (Å²) in [4.78, 5) is 0. The van der Waals surface area contributed by atoms with Crippen LogP contribution in [0, 0.1) is 0 Å². The Hall–Kier alpha value is -0.980. The lowest BCUT2D eigenvalue weighted by molar-refractivity contribution is 0.590. The van der Waals surface area contributed by atoms with E-state index in [1.807, 2.05) is 0 Å². The number of hydrogen-bond donors (Lipinski definition) is 1. The molecule has 1 aliphatic carbocycles. The zero-order chi connectivity index (χ0) is 12.4. The van der Waals surface area contributed by atoms with Gasteiger partial charge in [-0.1, -0.05) is 37.8 Å². The average Bonchev–Trinajstić information content (AvgIpc) is 2.67. The van der Waals surface area contributed by atoms with Gasteiger partial charge in [-0.3, -0.25) is 0 Å². The summed E-state index contributed by atoms with van der Waals surface area (Å²) in [6.45, 7) is 2.28. The minimum Gasteiger partial charge on any atom is -0.382 e. The van der Waals surface area contributed by atoms with E-state index in [0.717, 1.165) is 5.92 Å². The largest absolute Gasteiger partial charge is 0.382 e. The second-order valence-electron chi connectivity index (χ2n) is 6.19. The Balaban J connectivity index is 1.80. The molecule has 0 amide bonds. The van der Waals surface area contributed by atoms with Crippen molar-refractivity contribution in [2.45, 2.75) is 70.3 Å². The van der Waals surface area contributed by atoms with Crippen molar-refractivity contribution in [2.75, 3.05) is 5.32 Å². The molecule has 0 bridgehead atoms. The molecule has 1 saturated carbocycles. The normalized spacial score (nSPS) is 25.1. The molecule has 3 rings (SSSR count). The van der Waals surface area contributed by atoms with Crippen molar-refractivity contribution in [3.05, 3.63) is 29.3 Å². The van der Waals surface area contributed by atoms with Gasteiger partial charge in [0.1, 0.15) is 0 Å². The van der Waals surface area contributed by atoms with Crippen LogP contribution in [0.25, 0.3) is 0 Å². The second-order valence-corrected chi connectivity index (χ2v) is 6.19. The molecule has 0 aromatic heterocycles. The van der Waals surface area contributed by atoms with Gasteiger partial charge < -0.3 is 5.32 Å². The molecule has 18 heavy (non-hydrogen) atoms. The molecule has 1 heteroatoms. The van der Waals surface area contributed by atoms with E-state index in [1.54, 1.807) is 11.1 Å². The van der Waals surface area contributed by atoms with Gasteiger partial charge in [0.05, 0.1) is 0 Å². The number of benzene rings is 1. The van der Waals surface area contributed by atoms with Crippen LogP contribution < -0.4 is 5.32 Å². The first-order valence-electron chi connectivity index (χ1n) is 7.72. The SMILES string of the molecule is CC1CCc2cc(C3CCCCCC3)ccc2N1. The van der Waals surface area contributed by atoms with Crippen molar-refractivity contribution in [1.29, 1.82) is 0 Å². The standard InChI is InChI=1S/C17H25N/c1-13-8-9-16-12-15(10-11-17(16)18-13)14-6-4-2-3-5-7-14/h10-14,18H,2-9H2,1H3. The number of aryl methyl sites for hydroxylation is 1. The van der Waals surface area contributed by atoms with Crippen LogP contribution >= 0.6 is 0 Å². The fraction of sp³-hybridized carbons (Fsp3) is 0.647. The van der Waals surface area contributed by atoms with Crippen LogP contribution in [0.2, 0.25) is 0 Å². The van der Waals surface area contributed by atoms with Gasteiger partial charge in [-0.05, 0) is 55.7 Å². The zero-order valence-electron chi connectivity index (χ0n) is 11.5. The number of anilines is 1. The molecule has 1 nitrogen and oxygen atoms in total. The molecule has 1 fully saturated rings. The second kappa shape index (κ2) is 5.34. The molecule has 1 unspecified atom stereocenters. The summed E-state index contributed by atoms with van der Waals surface area (Å²) >= 11 is 0. The topological polar surface area (TPSA) is 12.0 Å². The van der Waals surface area contributed by atoms with E-state index in [0.29, 0.717) is 6.04 Å². The quantitative estimate of drug-likeness (QED) is 0.694. The molecule has 0 radical (unpaired) electrons. The van der Waals surface area contributed by atoms with E-state index in [-0.39, 0.29) is 0 Å². The third-order valence-corrected chi connectivity index (χ3v) is 4.70. The summed E-state index contributed by atoms with van der Waals surface area (Å²) in [5, 5.41) is 3.60.